The zero-order chi connectivity index (χ0) is 13.8. The van der Waals surface area contributed by atoms with Gasteiger partial charge in [0.1, 0.15) is 0 Å². The predicted octanol–water partition coefficient (Wildman–Crippen LogP) is 1.84. The van der Waals surface area contributed by atoms with Crippen LogP contribution < -0.4 is 10.6 Å². The Balaban J connectivity index is 1.41. The number of piperidine rings is 1. The molecule has 20 heavy (non-hydrogen) atoms. The zero-order valence-corrected chi connectivity index (χ0v) is 12.4. The number of fused-ring (bicyclic) bond motifs is 1. The van der Waals surface area contributed by atoms with Crippen molar-refractivity contribution in [3.63, 3.8) is 0 Å². The van der Waals surface area contributed by atoms with Gasteiger partial charge in [0.05, 0.1) is 6.10 Å². The Morgan fingerprint density at radius 1 is 1.15 bits per heavy atom. The van der Waals surface area contributed by atoms with Gasteiger partial charge in [0.25, 0.3) is 0 Å². The van der Waals surface area contributed by atoms with Crippen molar-refractivity contribution in [1.82, 2.24) is 10.6 Å². The Labute approximate surface area is 122 Å². The maximum absolute atomic E-state index is 12.2. The molecule has 114 valence electrons. The quantitative estimate of drug-likeness (QED) is 0.826. The topological polar surface area (TPSA) is 50.4 Å². The maximum Gasteiger partial charge on any atom is 0.220 e. The summed E-state index contributed by atoms with van der Waals surface area (Å²) in [5.41, 5.74) is 0. The second-order valence-corrected chi connectivity index (χ2v) is 6.70. The van der Waals surface area contributed by atoms with Crippen molar-refractivity contribution in [3.8, 4) is 0 Å². The van der Waals surface area contributed by atoms with Crippen molar-refractivity contribution in [1.29, 1.82) is 0 Å². The fraction of sp³-hybridized carbons (Fsp3) is 0.938. The van der Waals surface area contributed by atoms with Gasteiger partial charge in [-0.25, -0.2) is 0 Å². The van der Waals surface area contributed by atoms with Gasteiger partial charge in [-0.2, -0.15) is 0 Å². The minimum absolute atomic E-state index is 0.265. The molecule has 3 rings (SSSR count). The molecule has 2 N–H and O–H groups in total. The summed E-state index contributed by atoms with van der Waals surface area (Å²) in [6, 6.07) is 0.372. The van der Waals surface area contributed by atoms with Gasteiger partial charge in [-0.15, -0.1) is 0 Å². The van der Waals surface area contributed by atoms with E-state index in [1.807, 2.05) is 0 Å². The molecule has 0 aromatic heterocycles. The molecule has 1 aliphatic carbocycles. The molecule has 3 fully saturated rings. The summed E-state index contributed by atoms with van der Waals surface area (Å²) >= 11 is 0. The number of ether oxygens (including phenoxy) is 1. The van der Waals surface area contributed by atoms with E-state index < -0.39 is 0 Å². The molecular formula is C16H28N2O2. The minimum atomic E-state index is 0.265. The van der Waals surface area contributed by atoms with Crippen LogP contribution in [0.3, 0.4) is 0 Å². The first-order valence-corrected chi connectivity index (χ1v) is 8.44. The summed E-state index contributed by atoms with van der Waals surface area (Å²) in [6.07, 6.45) is 9.30. The van der Waals surface area contributed by atoms with Gasteiger partial charge >= 0.3 is 0 Å². The third-order valence-electron chi connectivity index (χ3n) is 5.37. The monoisotopic (exact) mass is 280 g/mol. The summed E-state index contributed by atoms with van der Waals surface area (Å²) in [4.78, 5) is 12.2. The SMILES string of the molecule is O=C(CCC1CCNCC1)NC1CCCC2OCCC12. The normalized spacial score (nSPS) is 34.7. The Morgan fingerprint density at radius 3 is 2.85 bits per heavy atom. The number of rotatable bonds is 4. The molecular weight excluding hydrogens is 252 g/mol. The molecule has 2 heterocycles. The highest BCUT2D eigenvalue weighted by atomic mass is 16.5. The molecule has 0 spiro atoms. The van der Waals surface area contributed by atoms with E-state index in [2.05, 4.69) is 10.6 Å². The van der Waals surface area contributed by atoms with Crippen molar-refractivity contribution >= 4 is 5.91 Å². The highest BCUT2D eigenvalue weighted by Crippen LogP contribution is 2.34. The Morgan fingerprint density at radius 2 is 2.00 bits per heavy atom. The molecule has 2 aliphatic heterocycles. The summed E-state index contributed by atoms with van der Waals surface area (Å²) in [7, 11) is 0. The molecule has 0 aromatic rings. The molecule has 0 bridgehead atoms. The molecule has 1 amide bonds. The largest absolute Gasteiger partial charge is 0.378 e. The van der Waals surface area contributed by atoms with E-state index in [0.29, 0.717) is 24.5 Å². The molecule has 3 atom stereocenters. The van der Waals surface area contributed by atoms with Gasteiger partial charge in [-0.3, -0.25) is 4.79 Å². The van der Waals surface area contributed by atoms with E-state index in [9.17, 15) is 4.79 Å². The number of hydrogen-bond donors (Lipinski definition) is 2. The first kappa shape index (κ1) is 14.3. The molecule has 3 aliphatic rings. The molecule has 4 nitrogen and oxygen atoms in total. The highest BCUT2D eigenvalue weighted by Gasteiger charge is 2.38. The third-order valence-corrected chi connectivity index (χ3v) is 5.37. The van der Waals surface area contributed by atoms with Gasteiger partial charge in [0, 0.05) is 25.0 Å². The van der Waals surface area contributed by atoms with Crippen LogP contribution in [0.5, 0.6) is 0 Å². The number of carbonyl (C=O) groups is 1. The lowest BCUT2D eigenvalue weighted by molar-refractivity contribution is -0.123. The van der Waals surface area contributed by atoms with Crippen molar-refractivity contribution in [2.24, 2.45) is 11.8 Å². The summed E-state index contributed by atoms with van der Waals surface area (Å²) in [5.74, 6) is 1.59. The average molecular weight is 280 g/mol. The minimum Gasteiger partial charge on any atom is -0.378 e. The van der Waals surface area contributed by atoms with Crippen LogP contribution in [0.4, 0.5) is 0 Å². The van der Waals surface area contributed by atoms with Crippen LogP contribution in [0.15, 0.2) is 0 Å². The van der Waals surface area contributed by atoms with Crippen LogP contribution >= 0.6 is 0 Å². The van der Waals surface area contributed by atoms with Crippen LogP contribution in [0.25, 0.3) is 0 Å². The Bertz CT molecular complexity index is 328. The Hall–Kier alpha value is -0.610. The molecule has 0 aromatic carbocycles. The summed E-state index contributed by atoms with van der Waals surface area (Å²) < 4.78 is 5.77. The van der Waals surface area contributed by atoms with E-state index in [1.165, 1.54) is 25.7 Å². The smallest absolute Gasteiger partial charge is 0.220 e. The third kappa shape index (κ3) is 3.53. The van der Waals surface area contributed by atoms with Gasteiger partial charge in [-0.1, -0.05) is 0 Å². The second kappa shape index (κ2) is 6.90. The first-order chi connectivity index (χ1) is 9.83. The maximum atomic E-state index is 12.2. The fourth-order valence-electron chi connectivity index (χ4n) is 4.14. The molecule has 3 unspecified atom stereocenters. The van der Waals surface area contributed by atoms with E-state index in [1.54, 1.807) is 0 Å². The summed E-state index contributed by atoms with van der Waals surface area (Å²) in [5, 5.41) is 6.67. The van der Waals surface area contributed by atoms with Crippen molar-refractivity contribution < 1.29 is 9.53 Å². The van der Waals surface area contributed by atoms with E-state index in [4.69, 9.17) is 4.74 Å². The van der Waals surface area contributed by atoms with E-state index >= 15 is 0 Å². The van der Waals surface area contributed by atoms with Crippen LogP contribution in [0.1, 0.15) is 51.4 Å². The molecule has 0 radical (unpaired) electrons. The van der Waals surface area contributed by atoms with E-state index in [-0.39, 0.29) is 5.91 Å². The average Bonchev–Trinajstić information content (AvgIpc) is 2.96. The molecule has 1 saturated carbocycles. The number of hydrogen-bond acceptors (Lipinski definition) is 3. The molecule has 2 saturated heterocycles. The van der Waals surface area contributed by atoms with Crippen molar-refractivity contribution in [3.05, 3.63) is 0 Å². The van der Waals surface area contributed by atoms with Crippen molar-refractivity contribution in [2.45, 2.75) is 63.5 Å². The standard InChI is InChI=1S/C16H28N2O2/c19-16(5-4-12-6-9-17-10-7-12)18-14-2-1-3-15-13(14)8-11-20-15/h12-15,17H,1-11H2,(H,18,19). The van der Waals surface area contributed by atoms with Crippen molar-refractivity contribution in [2.75, 3.05) is 19.7 Å². The first-order valence-electron chi connectivity index (χ1n) is 8.44. The van der Waals surface area contributed by atoms with Gasteiger partial charge in [0.2, 0.25) is 5.91 Å². The van der Waals surface area contributed by atoms with Crippen LogP contribution in [-0.2, 0) is 9.53 Å². The van der Waals surface area contributed by atoms with Gasteiger partial charge < -0.3 is 15.4 Å². The molecule has 4 heteroatoms. The number of amides is 1. The lowest BCUT2D eigenvalue weighted by Gasteiger charge is -2.33. The summed E-state index contributed by atoms with van der Waals surface area (Å²) in [6.45, 7) is 3.13. The highest BCUT2D eigenvalue weighted by molar-refractivity contribution is 5.76. The van der Waals surface area contributed by atoms with Gasteiger partial charge in [-0.05, 0) is 64.0 Å². The Kier molecular flexibility index (Phi) is 4.94. The lowest BCUT2D eigenvalue weighted by Crippen LogP contribution is -2.45. The second-order valence-electron chi connectivity index (χ2n) is 6.70. The zero-order valence-electron chi connectivity index (χ0n) is 12.4. The lowest BCUT2D eigenvalue weighted by atomic mass is 9.81. The fourth-order valence-corrected chi connectivity index (χ4v) is 4.14. The number of nitrogens with one attached hydrogen (secondary N) is 2. The van der Waals surface area contributed by atoms with Crippen LogP contribution in [0.2, 0.25) is 0 Å². The van der Waals surface area contributed by atoms with Gasteiger partial charge in [0.15, 0.2) is 0 Å². The van der Waals surface area contributed by atoms with E-state index in [0.717, 1.165) is 44.9 Å². The van der Waals surface area contributed by atoms with Crippen LogP contribution in [-0.4, -0.2) is 37.7 Å². The van der Waals surface area contributed by atoms with Crippen LogP contribution in [0, 0.1) is 11.8 Å². The predicted molar refractivity (Wildman–Crippen MR) is 78.5 cm³/mol. The number of carbonyl (C=O) groups excluding carboxylic acids is 1.